The predicted octanol–water partition coefficient (Wildman–Crippen LogP) is 3.45. The number of rotatable bonds is 7. The summed E-state index contributed by atoms with van der Waals surface area (Å²) in [5.74, 6) is -1.35. The number of fused-ring (bicyclic) bond motifs is 2. The molecule has 0 amide bonds. The minimum atomic E-state index is -0.979. The number of ketones is 1. The van der Waals surface area contributed by atoms with Gasteiger partial charge in [-0.25, -0.2) is 4.39 Å². The summed E-state index contributed by atoms with van der Waals surface area (Å²) >= 11 is 0. The Kier molecular flexibility index (Phi) is 6.55. The predicted molar refractivity (Wildman–Crippen MR) is 132 cm³/mol. The van der Waals surface area contributed by atoms with Crippen molar-refractivity contribution in [2.45, 2.75) is 32.7 Å². The molecule has 0 unspecified atom stereocenters. The maximum atomic E-state index is 15.1. The summed E-state index contributed by atoms with van der Waals surface area (Å²) in [6.45, 7) is 6.51. The number of carboxylic acid groups (broad SMARTS) is 1. The van der Waals surface area contributed by atoms with Crippen molar-refractivity contribution in [3.8, 4) is 17.2 Å². The summed E-state index contributed by atoms with van der Waals surface area (Å²) in [7, 11) is 2.74. The van der Waals surface area contributed by atoms with E-state index in [0.717, 1.165) is 5.56 Å². The van der Waals surface area contributed by atoms with E-state index in [2.05, 4.69) is 0 Å². The van der Waals surface area contributed by atoms with E-state index in [0.29, 0.717) is 35.7 Å². The number of benzene rings is 2. The lowest BCUT2D eigenvalue weighted by molar-refractivity contribution is -0.135. The molecule has 0 atom stereocenters. The van der Waals surface area contributed by atoms with Crippen LogP contribution in [0.5, 0.6) is 17.2 Å². The fourth-order valence-electron chi connectivity index (χ4n) is 4.65. The van der Waals surface area contributed by atoms with E-state index >= 15 is 4.39 Å². The van der Waals surface area contributed by atoms with Crippen LogP contribution in [-0.4, -0.2) is 68.1 Å². The molecule has 10 heteroatoms. The summed E-state index contributed by atoms with van der Waals surface area (Å²) in [4.78, 5) is 28.1. The number of carbonyl (C=O) groups is 2. The third-order valence-electron chi connectivity index (χ3n) is 6.42. The fraction of sp³-hybridized carbons (Fsp3) is 0.423. The zero-order valence-corrected chi connectivity index (χ0v) is 21.0. The van der Waals surface area contributed by atoms with Gasteiger partial charge in [-0.2, -0.15) is 0 Å². The van der Waals surface area contributed by atoms with Crippen molar-refractivity contribution < 1.29 is 33.3 Å². The van der Waals surface area contributed by atoms with Crippen molar-refractivity contribution in [1.82, 2.24) is 4.90 Å². The first-order chi connectivity index (χ1) is 17.0. The van der Waals surface area contributed by atoms with Crippen molar-refractivity contribution in [1.29, 1.82) is 5.41 Å². The summed E-state index contributed by atoms with van der Waals surface area (Å²) in [5.41, 5.74) is 1.96. The smallest absolute Gasteiger partial charge is 0.323 e. The van der Waals surface area contributed by atoms with Gasteiger partial charge in [-0.1, -0.05) is 20.8 Å². The van der Waals surface area contributed by atoms with E-state index < -0.39 is 11.8 Å². The summed E-state index contributed by atoms with van der Waals surface area (Å²) in [6, 6.07) is 5.04. The Hall–Kier alpha value is -3.82. The Morgan fingerprint density at radius 1 is 1.14 bits per heavy atom. The van der Waals surface area contributed by atoms with Gasteiger partial charge in [0.25, 0.3) is 0 Å². The van der Waals surface area contributed by atoms with Crippen molar-refractivity contribution in [2.24, 2.45) is 0 Å². The lowest BCUT2D eigenvalue weighted by atomic mass is 9.84. The van der Waals surface area contributed by atoms with Gasteiger partial charge in [0.05, 0.1) is 38.6 Å². The standard InChI is InChI=1S/C26H30FN3O6/c1-26(2,3)16-8-14(9-17-23(16)36-7-6-29(17)13-20(32)33)18(31)12-30-11-15-10-19(34-4)24(35-5)22(27)21(15)25(30)28/h8-10,28H,6-7,11-13H2,1-5H3,(H,32,33). The molecule has 2 aliphatic heterocycles. The molecule has 2 aromatic rings. The molecule has 0 saturated carbocycles. The average Bonchev–Trinajstić information content (AvgIpc) is 3.12. The first kappa shape index (κ1) is 25.3. The van der Waals surface area contributed by atoms with Crippen LogP contribution in [0.15, 0.2) is 18.2 Å². The number of amidine groups is 1. The third-order valence-corrected chi connectivity index (χ3v) is 6.42. The van der Waals surface area contributed by atoms with Crippen LogP contribution in [0.4, 0.5) is 10.1 Å². The van der Waals surface area contributed by atoms with Crippen molar-refractivity contribution in [2.75, 3.05) is 45.4 Å². The van der Waals surface area contributed by atoms with Crippen LogP contribution >= 0.6 is 0 Å². The van der Waals surface area contributed by atoms with Gasteiger partial charge in [0.1, 0.15) is 24.7 Å². The monoisotopic (exact) mass is 499 g/mol. The molecule has 0 aliphatic carbocycles. The molecule has 0 spiro atoms. The SMILES string of the molecule is COc1cc2c(c(F)c1OC)C(=N)N(CC(=O)c1cc3c(c(C(C)(C)C)c1)OCCN3CC(=O)O)C2. The highest BCUT2D eigenvalue weighted by molar-refractivity contribution is 6.06. The van der Waals surface area contributed by atoms with Gasteiger partial charge in [-0.05, 0) is 29.2 Å². The zero-order chi connectivity index (χ0) is 26.4. The number of aliphatic carboxylic acids is 1. The Morgan fingerprint density at radius 3 is 2.47 bits per heavy atom. The van der Waals surface area contributed by atoms with Crippen LogP contribution in [0.3, 0.4) is 0 Å². The molecule has 4 rings (SSSR count). The summed E-state index contributed by atoms with van der Waals surface area (Å²) < 4.78 is 31.4. The van der Waals surface area contributed by atoms with Crippen LogP contribution in [0.25, 0.3) is 0 Å². The molecule has 192 valence electrons. The molecule has 2 aromatic carbocycles. The van der Waals surface area contributed by atoms with Crippen LogP contribution in [0, 0.1) is 11.2 Å². The molecule has 0 radical (unpaired) electrons. The van der Waals surface area contributed by atoms with Crippen molar-refractivity contribution >= 4 is 23.3 Å². The van der Waals surface area contributed by atoms with Crippen LogP contribution < -0.4 is 19.1 Å². The molecular weight excluding hydrogens is 469 g/mol. The van der Waals surface area contributed by atoms with E-state index in [1.54, 1.807) is 23.1 Å². The third kappa shape index (κ3) is 4.43. The van der Waals surface area contributed by atoms with E-state index in [1.165, 1.54) is 19.1 Å². The van der Waals surface area contributed by atoms with Gasteiger partial charge in [0, 0.05) is 17.7 Å². The second-order valence-corrected chi connectivity index (χ2v) is 9.87. The zero-order valence-electron chi connectivity index (χ0n) is 21.0. The molecule has 0 aromatic heterocycles. The van der Waals surface area contributed by atoms with Crippen LogP contribution in [0.2, 0.25) is 0 Å². The lowest BCUT2D eigenvalue weighted by Gasteiger charge is -2.34. The number of carboxylic acids is 1. The molecule has 0 bridgehead atoms. The van der Waals surface area contributed by atoms with Gasteiger partial charge in [0.2, 0.25) is 0 Å². The highest BCUT2D eigenvalue weighted by atomic mass is 19.1. The normalized spacial score (nSPS) is 14.8. The second-order valence-electron chi connectivity index (χ2n) is 9.87. The molecule has 36 heavy (non-hydrogen) atoms. The number of nitrogens with zero attached hydrogens (tertiary/aromatic N) is 2. The van der Waals surface area contributed by atoms with Gasteiger partial charge in [-0.3, -0.25) is 15.0 Å². The molecule has 9 nitrogen and oxygen atoms in total. The van der Waals surface area contributed by atoms with E-state index in [9.17, 15) is 14.7 Å². The number of hydrogen-bond acceptors (Lipinski definition) is 7. The minimum Gasteiger partial charge on any atom is -0.493 e. The van der Waals surface area contributed by atoms with E-state index in [4.69, 9.17) is 19.6 Å². The highest BCUT2D eigenvalue weighted by Gasteiger charge is 2.34. The topological polar surface area (TPSA) is 112 Å². The van der Waals surface area contributed by atoms with Crippen LogP contribution in [-0.2, 0) is 16.8 Å². The van der Waals surface area contributed by atoms with Gasteiger partial charge in [-0.15, -0.1) is 0 Å². The second kappa shape index (κ2) is 9.33. The number of carbonyl (C=O) groups excluding carboxylic acids is 1. The fourth-order valence-corrected chi connectivity index (χ4v) is 4.65. The molecular formula is C26H30FN3O6. The summed E-state index contributed by atoms with van der Waals surface area (Å²) in [6.07, 6.45) is 0. The van der Waals surface area contributed by atoms with E-state index in [-0.39, 0.29) is 53.7 Å². The quantitative estimate of drug-likeness (QED) is 0.557. The van der Waals surface area contributed by atoms with Crippen molar-refractivity contribution in [3.63, 3.8) is 0 Å². The lowest BCUT2D eigenvalue weighted by Crippen LogP contribution is -2.38. The van der Waals surface area contributed by atoms with Crippen molar-refractivity contribution in [3.05, 3.63) is 46.3 Å². The number of hydrogen-bond donors (Lipinski definition) is 2. The number of methoxy groups -OCH3 is 2. The number of Topliss-reactive ketones (excluding diaryl/α,β-unsaturated/α-hetero) is 1. The van der Waals surface area contributed by atoms with Crippen LogP contribution in [0.1, 0.15) is 47.8 Å². The number of anilines is 1. The maximum Gasteiger partial charge on any atom is 0.323 e. The van der Waals surface area contributed by atoms with E-state index in [1.807, 2.05) is 20.8 Å². The van der Waals surface area contributed by atoms with Gasteiger partial charge >= 0.3 is 5.97 Å². The minimum absolute atomic E-state index is 0.0855. The van der Waals surface area contributed by atoms with Gasteiger partial charge in [0.15, 0.2) is 23.1 Å². The molecule has 2 heterocycles. The number of halogens is 1. The average molecular weight is 500 g/mol. The Balaban J connectivity index is 1.68. The Bertz CT molecular complexity index is 1250. The molecule has 0 fully saturated rings. The molecule has 2 N–H and O–H groups in total. The highest BCUT2D eigenvalue weighted by Crippen LogP contribution is 2.42. The number of nitrogens with one attached hydrogen (secondary N) is 1. The number of ether oxygens (including phenoxy) is 3. The first-order valence-corrected chi connectivity index (χ1v) is 11.5. The summed E-state index contributed by atoms with van der Waals surface area (Å²) in [5, 5.41) is 17.9. The molecule has 0 saturated heterocycles. The largest absolute Gasteiger partial charge is 0.493 e. The Labute approximate surface area is 208 Å². The Morgan fingerprint density at radius 2 is 1.86 bits per heavy atom. The van der Waals surface area contributed by atoms with Gasteiger partial charge < -0.3 is 29.1 Å². The molecule has 2 aliphatic rings. The first-order valence-electron chi connectivity index (χ1n) is 11.5. The maximum absolute atomic E-state index is 15.1.